The molecule has 0 atom stereocenters. The van der Waals surface area contributed by atoms with Crippen LogP contribution in [0.3, 0.4) is 0 Å². The predicted octanol–water partition coefficient (Wildman–Crippen LogP) is 7.34. The van der Waals surface area contributed by atoms with Gasteiger partial charge in [0, 0.05) is 0 Å². The van der Waals surface area contributed by atoms with Crippen molar-refractivity contribution in [3.63, 3.8) is 0 Å². The van der Waals surface area contributed by atoms with Gasteiger partial charge in [-0.2, -0.15) is 23.4 Å². The molecule has 1 aromatic heterocycles. The normalized spacial score (nSPS) is 12.2. The third-order valence-corrected chi connectivity index (χ3v) is 4.57. The van der Waals surface area contributed by atoms with Gasteiger partial charge in [-0.1, -0.05) is 11.3 Å². The fourth-order valence-electron chi connectivity index (χ4n) is 2.24. The van der Waals surface area contributed by atoms with E-state index in [4.69, 9.17) is 0 Å². The zero-order valence-corrected chi connectivity index (χ0v) is 16.2. The molecule has 0 radical (unpaired) electrons. The minimum absolute atomic E-state index is 0.173. The molecule has 0 amide bonds. The topological polar surface area (TPSA) is 87.6 Å². The van der Waals surface area contributed by atoms with E-state index in [9.17, 15) is 13.2 Å². The number of azo groups is 2. The van der Waals surface area contributed by atoms with Crippen molar-refractivity contribution in [1.29, 1.82) is 0 Å². The molecule has 0 aliphatic carbocycles. The van der Waals surface area contributed by atoms with Crippen molar-refractivity contribution in [3.05, 3.63) is 52.5 Å². The maximum atomic E-state index is 12.5. The maximum absolute atomic E-state index is 12.5. The first kappa shape index (κ1) is 20.4. The van der Waals surface area contributed by atoms with Gasteiger partial charge in [-0.25, -0.2) is 0 Å². The number of aryl methyl sites for hydroxylation is 2. The molecule has 7 nitrogen and oxygen atoms in total. The standard InChI is InChI=1S/C18H14F3N7S/c1-10-8-12(22-3)4-6-14(10)24-23-13-5-7-15(11(2)9-13)25-27-17-28-26-16(29-17)18(19,20)21/h4-9H,3H2,1-2H3. The summed E-state index contributed by atoms with van der Waals surface area (Å²) in [6.45, 7) is 7.16. The Hall–Kier alpha value is -3.34. The Morgan fingerprint density at radius 2 is 1.41 bits per heavy atom. The van der Waals surface area contributed by atoms with Gasteiger partial charge in [-0.05, 0) is 68.1 Å². The second kappa shape index (κ2) is 8.35. The summed E-state index contributed by atoms with van der Waals surface area (Å²) in [5, 5.41) is 21.3. The van der Waals surface area contributed by atoms with Crippen molar-refractivity contribution in [1.82, 2.24) is 10.2 Å². The molecule has 148 valence electrons. The first-order valence-electron chi connectivity index (χ1n) is 8.18. The lowest BCUT2D eigenvalue weighted by atomic mass is 10.2. The molecule has 0 aliphatic heterocycles. The molecule has 2 aromatic carbocycles. The van der Waals surface area contributed by atoms with Gasteiger partial charge in [0.25, 0.3) is 5.13 Å². The Morgan fingerprint density at radius 3 is 1.97 bits per heavy atom. The summed E-state index contributed by atoms with van der Waals surface area (Å²) >= 11 is 0.326. The summed E-state index contributed by atoms with van der Waals surface area (Å²) in [5.74, 6) is 0. The van der Waals surface area contributed by atoms with Crippen molar-refractivity contribution in [3.8, 4) is 0 Å². The molecular weight excluding hydrogens is 403 g/mol. The van der Waals surface area contributed by atoms with Gasteiger partial charge in [0.15, 0.2) is 0 Å². The molecule has 1 heterocycles. The number of halogens is 3. The number of rotatable bonds is 5. The Labute approximate surface area is 167 Å². The molecule has 0 aliphatic rings. The lowest BCUT2D eigenvalue weighted by Crippen LogP contribution is -2.03. The van der Waals surface area contributed by atoms with Crippen LogP contribution in [0.1, 0.15) is 16.1 Å². The summed E-state index contributed by atoms with van der Waals surface area (Å²) in [7, 11) is 0. The van der Waals surface area contributed by atoms with Gasteiger partial charge >= 0.3 is 6.18 Å². The van der Waals surface area contributed by atoms with Crippen molar-refractivity contribution in [2.45, 2.75) is 20.0 Å². The van der Waals surface area contributed by atoms with Crippen LogP contribution >= 0.6 is 11.3 Å². The van der Waals surface area contributed by atoms with Gasteiger partial charge < -0.3 is 0 Å². The molecule has 0 unspecified atom stereocenters. The fraction of sp³-hybridized carbons (Fsp3) is 0.167. The quantitative estimate of drug-likeness (QED) is 0.321. The van der Waals surface area contributed by atoms with E-state index < -0.39 is 11.2 Å². The van der Waals surface area contributed by atoms with E-state index in [-0.39, 0.29) is 5.13 Å². The third-order valence-electron chi connectivity index (χ3n) is 3.72. The molecule has 0 fully saturated rings. The average molecular weight is 417 g/mol. The Kier molecular flexibility index (Phi) is 5.87. The Morgan fingerprint density at radius 1 is 0.828 bits per heavy atom. The summed E-state index contributed by atoms with van der Waals surface area (Å²) in [5.41, 5.74) is 4.18. The van der Waals surface area contributed by atoms with Gasteiger partial charge in [0.2, 0.25) is 5.01 Å². The highest BCUT2D eigenvalue weighted by Gasteiger charge is 2.35. The first-order valence-corrected chi connectivity index (χ1v) is 9.00. The summed E-state index contributed by atoms with van der Waals surface area (Å²) in [4.78, 5) is 3.86. The Balaban J connectivity index is 1.75. The lowest BCUT2D eigenvalue weighted by molar-refractivity contribution is -0.138. The minimum atomic E-state index is -4.55. The monoisotopic (exact) mass is 417 g/mol. The smallest absolute Gasteiger partial charge is 0.265 e. The number of aliphatic imine (C=N–C) groups is 1. The zero-order valence-electron chi connectivity index (χ0n) is 15.3. The lowest BCUT2D eigenvalue weighted by Gasteiger charge is -2.02. The second-order valence-corrected chi connectivity index (χ2v) is 6.84. The van der Waals surface area contributed by atoms with Crippen molar-refractivity contribution in [2.75, 3.05) is 0 Å². The van der Waals surface area contributed by atoms with Gasteiger partial charge in [-0.3, -0.25) is 4.99 Å². The second-order valence-electron chi connectivity index (χ2n) is 5.89. The average Bonchev–Trinajstić information content (AvgIpc) is 3.16. The molecular formula is C18H14F3N7S. The summed E-state index contributed by atoms with van der Waals surface area (Å²) in [6.07, 6.45) is -4.55. The van der Waals surface area contributed by atoms with E-state index in [1.165, 1.54) is 0 Å². The van der Waals surface area contributed by atoms with Crippen LogP contribution in [0.25, 0.3) is 0 Å². The number of hydrogen-bond acceptors (Lipinski definition) is 8. The number of benzene rings is 2. The maximum Gasteiger partial charge on any atom is 0.445 e. The fourth-order valence-corrected chi connectivity index (χ4v) is 2.78. The van der Waals surface area contributed by atoms with Crippen LogP contribution in [0.2, 0.25) is 0 Å². The Bertz CT molecular complexity index is 1100. The van der Waals surface area contributed by atoms with Gasteiger partial charge in [0.1, 0.15) is 0 Å². The largest absolute Gasteiger partial charge is 0.445 e. The van der Waals surface area contributed by atoms with Crippen LogP contribution in [0.4, 0.5) is 41.1 Å². The van der Waals surface area contributed by atoms with Crippen molar-refractivity contribution in [2.24, 2.45) is 25.4 Å². The van der Waals surface area contributed by atoms with Crippen molar-refractivity contribution < 1.29 is 13.2 Å². The van der Waals surface area contributed by atoms with Crippen LogP contribution in [-0.2, 0) is 6.18 Å². The van der Waals surface area contributed by atoms with Gasteiger partial charge in [0.05, 0.1) is 22.7 Å². The first-order chi connectivity index (χ1) is 13.8. The molecule has 29 heavy (non-hydrogen) atoms. The molecule has 0 bridgehead atoms. The van der Waals surface area contributed by atoms with E-state index in [0.717, 1.165) is 16.8 Å². The van der Waals surface area contributed by atoms with E-state index in [1.807, 2.05) is 13.0 Å². The van der Waals surface area contributed by atoms with Gasteiger partial charge in [-0.15, -0.1) is 20.4 Å². The molecule has 0 spiro atoms. The zero-order chi connectivity index (χ0) is 21.0. The summed E-state index contributed by atoms with van der Waals surface area (Å²) < 4.78 is 37.6. The van der Waals surface area contributed by atoms with Crippen LogP contribution < -0.4 is 0 Å². The summed E-state index contributed by atoms with van der Waals surface area (Å²) in [6, 6.07) is 10.5. The van der Waals surface area contributed by atoms with Crippen LogP contribution in [0.15, 0.2) is 61.8 Å². The third kappa shape index (κ3) is 5.13. The van der Waals surface area contributed by atoms with E-state index in [2.05, 4.69) is 42.4 Å². The molecule has 3 rings (SSSR count). The van der Waals surface area contributed by atoms with Crippen LogP contribution in [-0.4, -0.2) is 16.9 Å². The predicted molar refractivity (Wildman–Crippen MR) is 105 cm³/mol. The van der Waals surface area contributed by atoms with E-state index in [1.54, 1.807) is 37.3 Å². The van der Waals surface area contributed by atoms with Crippen LogP contribution in [0, 0.1) is 13.8 Å². The van der Waals surface area contributed by atoms with E-state index in [0.29, 0.717) is 28.4 Å². The number of nitrogens with zero attached hydrogens (tertiary/aromatic N) is 7. The highest BCUT2D eigenvalue weighted by atomic mass is 32.1. The molecule has 11 heteroatoms. The van der Waals surface area contributed by atoms with E-state index >= 15 is 0 Å². The molecule has 3 aromatic rings. The SMILES string of the molecule is C=Nc1ccc(N=Nc2ccc(N=Nc3nnc(C(F)(F)F)s3)c(C)c2)c(C)c1. The number of hydrogen-bond donors (Lipinski definition) is 0. The molecule has 0 N–H and O–H groups in total. The highest BCUT2D eigenvalue weighted by molar-refractivity contribution is 7.15. The minimum Gasteiger partial charge on any atom is -0.265 e. The number of aromatic nitrogens is 2. The molecule has 0 saturated carbocycles. The number of alkyl halides is 3. The van der Waals surface area contributed by atoms with Crippen LogP contribution in [0.5, 0.6) is 0 Å². The highest BCUT2D eigenvalue weighted by Crippen LogP contribution is 2.35. The van der Waals surface area contributed by atoms with Crippen molar-refractivity contribution >= 4 is 45.9 Å². The molecule has 0 saturated heterocycles.